The molecule has 0 unspecified atom stereocenters. The van der Waals surface area contributed by atoms with Crippen molar-refractivity contribution in [1.29, 1.82) is 0 Å². The summed E-state index contributed by atoms with van der Waals surface area (Å²) in [6, 6.07) is 10.1. The molecule has 0 saturated carbocycles. The summed E-state index contributed by atoms with van der Waals surface area (Å²) in [6.45, 7) is 6.86. The van der Waals surface area contributed by atoms with Gasteiger partial charge in [0.25, 0.3) is 16.0 Å². The molecule has 0 aliphatic heterocycles. The van der Waals surface area contributed by atoms with Crippen LogP contribution in [0.3, 0.4) is 0 Å². The molecule has 3 aromatic heterocycles. The average molecular weight is 549 g/mol. The van der Waals surface area contributed by atoms with Gasteiger partial charge in [0.05, 0.1) is 17.7 Å². The van der Waals surface area contributed by atoms with Gasteiger partial charge in [-0.05, 0) is 62.9 Å². The minimum atomic E-state index is -3.82. The molecule has 3 heterocycles. The number of ether oxygens (including phenoxy) is 1. The topological polar surface area (TPSA) is 112 Å². The first-order chi connectivity index (χ1) is 16.8. The lowest BCUT2D eigenvalue weighted by molar-refractivity contribution is 0.103. The molecule has 0 aliphatic rings. The lowest BCUT2D eigenvalue weighted by atomic mass is 10.0. The van der Waals surface area contributed by atoms with Crippen LogP contribution >= 0.6 is 22.9 Å². The van der Waals surface area contributed by atoms with Crippen LogP contribution in [0.4, 0.5) is 5.69 Å². The highest BCUT2D eigenvalue weighted by atomic mass is 35.5. The molecule has 1 N–H and O–H groups in total. The molecule has 0 aliphatic carbocycles. The molecule has 0 spiro atoms. The van der Waals surface area contributed by atoms with Crippen LogP contribution in [-0.4, -0.2) is 36.2 Å². The van der Waals surface area contributed by atoms with Crippen molar-refractivity contribution < 1.29 is 22.1 Å². The quantitative estimate of drug-likeness (QED) is 0.238. The van der Waals surface area contributed by atoms with Gasteiger partial charge < -0.3 is 10.1 Å². The zero-order chi connectivity index (χ0) is 26.4. The monoisotopic (exact) mass is 548 g/mol. The fourth-order valence-electron chi connectivity index (χ4n) is 3.68. The maximum absolute atomic E-state index is 13.0. The van der Waals surface area contributed by atoms with E-state index in [-0.39, 0.29) is 16.9 Å². The lowest BCUT2D eigenvalue weighted by Gasteiger charge is -2.23. The molecule has 12 heteroatoms. The number of anilines is 1. The summed E-state index contributed by atoms with van der Waals surface area (Å²) in [4.78, 5) is 17.7. The normalized spacial score (nSPS) is 12.2. The Morgan fingerprint density at radius 1 is 1.17 bits per heavy atom. The minimum absolute atomic E-state index is 0.157. The van der Waals surface area contributed by atoms with Crippen molar-refractivity contribution >= 4 is 54.7 Å². The zero-order valence-corrected chi connectivity index (χ0v) is 22.9. The van der Waals surface area contributed by atoms with Gasteiger partial charge >= 0.3 is 0 Å². The summed E-state index contributed by atoms with van der Waals surface area (Å²) in [5, 5.41) is 8.06. The van der Waals surface area contributed by atoms with Gasteiger partial charge in [-0.25, -0.2) is 4.98 Å². The number of carbonyl (C=O) groups excluding carboxylic acids is 1. The number of fused-ring (bicyclic) bond motifs is 1. The Morgan fingerprint density at radius 2 is 1.89 bits per heavy atom. The van der Waals surface area contributed by atoms with Crippen LogP contribution in [0.15, 0.2) is 36.4 Å². The summed E-state index contributed by atoms with van der Waals surface area (Å²) in [6.07, 6.45) is 0. The number of rotatable bonds is 7. The lowest BCUT2D eigenvalue weighted by Crippen LogP contribution is -2.30. The van der Waals surface area contributed by atoms with Gasteiger partial charge in [-0.2, -0.15) is 13.5 Å². The largest absolute Gasteiger partial charge is 0.435 e. The summed E-state index contributed by atoms with van der Waals surface area (Å²) >= 11 is 7.47. The summed E-state index contributed by atoms with van der Waals surface area (Å²) in [5.74, 6) is 0.450. The second kappa shape index (κ2) is 9.47. The maximum Gasteiger partial charge on any atom is 0.276 e. The third-order valence-corrected chi connectivity index (χ3v) is 9.19. The zero-order valence-electron chi connectivity index (χ0n) is 20.5. The third kappa shape index (κ3) is 4.83. The number of hydrogen-bond acceptors (Lipinski definition) is 8. The first-order valence-electron chi connectivity index (χ1n) is 10.8. The van der Waals surface area contributed by atoms with Crippen molar-refractivity contribution in [2.45, 2.75) is 32.4 Å². The van der Waals surface area contributed by atoms with Crippen LogP contribution in [0.25, 0.3) is 10.1 Å². The van der Waals surface area contributed by atoms with E-state index < -0.39 is 14.9 Å². The van der Waals surface area contributed by atoms with Crippen molar-refractivity contribution in [2.75, 3.05) is 12.4 Å². The van der Waals surface area contributed by atoms with E-state index in [1.54, 1.807) is 48.9 Å². The van der Waals surface area contributed by atoms with Gasteiger partial charge in [-0.15, -0.1) is 11.3 Å². The van der Waals surface area contributed by atoms with Crippen LogP contribution < -0.4 is 10.1 Å². The minimum Gasteiger partial charge on any atom is -0.435 e. The predicted molar refractivity (Wildman–Crippen MR) is 141 cm³/mol. The number of amides is 1. The van der Waals surface area contributed by atoms with E-state index in [2.05, 4.69) is 15.4 Å². The molecule has 4 aromatic rings. The van der Waals surface area contributed by atoms with E-state index in [1.165, 1.54) is 17.4 Å². The van der Waals surface area contributed by atoms with Gasteiger partial charge in [0.2, 0.25) is 5.88 Å². The van der Waals surface area contributed by atoms with Crippen LogP contribution in [0.5, 0.6) is 11.6 Å². The standard InChI is InChI=1S/C24H25ClN4O5S2/c1-13-22(14(2)29(5)28-13)34-21-12-17(11-20(25)27-21)26-23(30)19-10-15-9-16(7-8-18(15)35-19)24(3,4)36(31,32)33-6/h7-12H,1-6H3,(H,26,27,30). The van der Waals surface area contributed by atoms with E-state index in [0.717, 1.165) is 22.9 Å². The predicted octanol–water partition coefficient (Wildman–Crippen LogP) is 5.56. The highest BCUT2D eigenvalue weighted by Crippen LogP contribution is 2.35. The van der Waals surface area contributed by atoms with E-state index in [0.29, 0.717) is 27.6 Å². The Bertz CT molecular complexity index is 1590. The van der Waals surface area contributed by atoms with Gasteiger partial charge in [-0.1, -0.05) is 17.7 Å². The number of aromatic nitrogens is 3. The SMILES string of the molecule is COS(=O)(=O)C(C)(C)c1ccc2sc(C(=O)Nc3cc(Cl)nc(Oc4c(C)nn(C)c4C)c3)cc2c1. The second-order valence-electron chi connectivity index (χ2n) is 8.69. The summed E-state index contributed by atoms with van der Waals surface area (Å²) in [7, 11) is -0.857. The average Bonchev–Trinajstić information content (AvgIpc) is 3.34. The number of nitrogens with zero attached hydrogens (tertiary/aromatic N) is 3. The molecule has 9 nitrogen and oxygen atoms in total. The van der Waals surface area contributed by atoms with E-state index in [9.17, 15) is 13.2 Å². The number of halogens is 1. The smallest absolute Gasteiger partial charge is 0.276 e. The molecule has 4 rings (SSSR count). The van der Waals surface area contributed by atoms with Gasteiger partial charge in [0, 0.05) is 23.5 Å². The first-order valence-corrected chi connectivity index (χ1v) is 13.4. The second-order valence-corrected chi connectivity index (χ2v) is 12.4. The summed E-state index contributed by atoms with van der Waals surface area (Å²) < 4.78 is 36.7. The Morgan fingerprint density at radius 3 is 2.53 bits per heavy atom. The van der Waals surface area contributed by atoms with Crippen molar-refractivity contribution in [3.8, 4) is 11.6 Å². The Balaban J connectivity index is 1.59. The first kappa shape index (κ1) is 26.1. The number of benzene rings is 1. The van der Waals surface area contributed by atoms with Crippen LogP contribution in [-0.2, 0) is 26.1 Å². The highest BCUT2D eigenvalue weighted by Gasteiger charge is 2.36. The number of hydrogen-bond donors (Lipinski definition) is 1. The number of thiophene rings is 1. The molecule has 36 heavy (non-hydrogen) atoms. The molecule has 0 atom stereocenters. The number of nitrogens with one attached hydrogen (secondary N) is 1. The fraction of sp³-hybridized carbons (Fsp3) is 0.292. The highest BCUT2D eigenvalue weighted by molar-refractivity contribution is 7.87. The molecule has 0 radical (unpaired) electrons. The van der Waals surface area contributed by atoms with Crippen molar-refractivity contribution in [2.24, 2.45) is 7.05 Å². The molecule has 1 amide bonds. The Hall–Kier alpha value is -2.99. The number of aryl methyl sites for hydroxylation is 2. The van der Waals surface area contributed by atoms with Crippen LogP contribution in [0, 0.1) is 13.8 Å². The van der Waals surface area contributed by atoms with Crippen LogP contribution in [0.2, 0.25) is 5.15 Å². The molecular formula is C24H25ClN4O5S2. The Labute approximate surface area is 218 Å². The summed E-state index contributed by atoms with van der Waals surface area (Å²) in [5.41, 5.74) is 2.50. The van der Waals surface area contributed by atoms with Gasteiger partial charge in [0.1, 0.15) is 15.6 Å². The van der Waals surface area contributed by atoms with Gasteiger partial charge in [-0.3, -0.25) is 13.7 Å². The van der Waals surface area contributed by atoms with Crippen LogP contribution in [0.1, 0.15) is 40.5 Å². The van der Waals surface area contributed by atoms with E-state index in [1.807, 2.05) is 20.9 Å². The van der Waals surface area contributed by atoms with E-state index >= 15 is 0 Å². The number of pyridine rings is 1. The molecule has 1 aromatic carbocycles. The molecule has 0 bridgehead atoms. The molecule has 0 fully saturated rings. The third-order valence-electron chi connectivity index (χ3n) is 5.96. The molecular weight excluding hydrogens is 524 g/mol. The van der Waals surface area contributed by atoms with Crippen molar-refractivity contribution in [3.05, 3.63) is 63.4 Å². The van der Waals surface area contributed by atoms with E-state index in [4.69, 9.17) is 20.5 Å². The number of carbonyl (C=O) groups is 1. The molecule has 190 valence electrons. The fourth-order valence-corrected chi connectivity index (χ4v) is 5.65. The van der Waals surface area contributed by atoms with Gasteiger partial charge in [0.15, 0.2) is 5.75 Å². The van der Waals surface area contributed by atoms with Crippen molar-refractivity contribution in [1.82, 2.24) is 14.8 Å². The Kier molecular flexibility index (Phi) is 6.86. The maximum atomic E-state index is 13.0. The molecule has 0 saturated heterocycles. The van der Waals surface area contributed by atoms with Crippen molar-refractivity contribution in [3.63, 3.8) is 0 Å².